The van der Waals surface area contributed by atoms with Crippen LogP contribution in [0.1, 0.15) is 25.3 Å². The standard InChI is InChI=1S/C28H29N5O/c1-20(2)21-10-12-23(13-11-21)29-28(34)33-18-16-32(17-19-33)27-15-14-26(30-31-27)25-9-5-7-22-6-3-4-8-24(22)25/h3-15,20H,16-19H2,1-2H3,(H,29,34). The Morgan fingerprint density at radius 1 is 0.824 bits per heavy atom. The zero-order valence-corrected chi connectivity index (χ0v) is 19.6. The maximum absolute atomic E-state index is 12.7. The molecule has 3 aromatic carbocycles. The van der Waals surface area contributed by atoms with Gasteiger partial charge in [0, 0.05) is 37.4 Å². The minimum Gasteiger partial charge on any atom is -0.352 e. The molecule has 1 fully saturated rings. The smallest absolute Gasteiger partial charge is 0.321 e. The molecule has 0 aliphatic carbocycles. The first kappa shape index (κ1) is 21.9. The van der Waals surface area contributed by atoms with Gasteiger partial charge >= 0.3 is 6.03 Å². The van der Waals surface area contributed by atoms with Gasteiger partial charge < -0.3 is 15.1 Å². The van der Waals surface area contributed by atoms with E-state index < -0.39 is 0 Å². The summed E-state index contributed by atoms with van der Waals surface area (Å²) >= 11 is 0. The molecule has 4 aromatic rings. The van der Waals surface area contributed by atoms with Gasteiger partial charge in [0.25, 0.3) is 0 Å². The largest absolute Gasteiger partial charge is 0.352 e. The van der Waals surface area contributed by atoms with Crippen LogP contribution in [0.2, 0.25) is 0 Å². The second-order valence-electron chi connectivity index (χ2n) is 8.98. The van der Waals surface area contributed by atoms with Crippen LogP contribution in [0, 0.1) is 0 Å². The number of aromatic nitrogens is 2. The van der Waals surface area contributed by atoms with Crippen LogP contribution >= 0.6 is 0 Å². The summed E-state index contributed by atoms with van der Waals surface area (Å²) in [5.41, 5.74) is 4.04. The third kappa shape index (κ3) is 4.57. The van der Waals surface area contributed by atoms with E-state index in [0.29, 0.717) is 19.0 Å². The van der Waals surface area contributed by atoms with Gasteiger partial charge in [0.05, 0.1) is 5.69 Å². The highest BCUT2D eigenvalue weighted by Gasteiger charge is 2.22. The average Bonchev–Trinajstić information content (AvgIpc) is 2.89. The summed E-state index contributed by atoms with van der Waals surface area (Å²) in [5, 5.41) is 14.4. The van der Waals surface area contributed by atoms with Crippen molar-refractivity contribution in [3.05, 3.63) is 84.4 Å². The fourth-order valence-corrected chi connectivity index (χ4v) is 4.38. The maximum atomic E-state index is 12.7. The molecule has 0 saturated carbocycles. The molecular weight excluding hydrogens is 422 g/mol. The summed E-state index contributed by atoms with van der Waals surface area (Å²) in [6.07, 6.45) is 0. The second kappa shape index (κ2) is 9.51. The van der Waals surface area contributed by atoms with Crippen molar-refractivity contribution in [2.75, 3.05) is 36.4 Å². The van der Waals surface area contributed by atoms with Crippen molar-refractivity contribution in [1.29, 1.82) is 0 Å². The number of hydrogen-bond acceptors (Lipinski definition) is 4. The molecule has 172 valence electrons. The molecule has 1 N–H and O–H groups in total. The third-order valence-electron chi connectivity index (χ3n) is 6.44. The molecule has 2 heterocycles. The van der Waals surface area contributed by atoms with Crippen LogP contribution in [0.15, 0.2) is 78.9 Å². The fraction of sp³-hybridized carbons (Fsp3) is 0.250. The second-order valence-corrected chi connectivity index (χ2v) is 8.98. The van der Waals surface area contributed by atoms with Crippen LogP contribution in [0.5, 0.6) is 0 Å². The van der Waals surface area contributed by atoms with Gasteiger partial charge in [0.1, 0.15) is 0 Å². The molecule has 1 saturated heterocycles. The Kier molecular flexibility index (Phi) is 6.12. The lowest BCUT2D eigenvalue weighted by Crippen LogP contribution is -2.50. The van der Waals surface area contributed by atoms with Crippen molar-refractivity contribution in [3.8, 4) is 11.3 Å². The topological polar surface area (TPSA) is 61.4 Å². The highest BCUT2D eigenvalue weighted by atomic mass is 16.2. The van der Waals surface area contributed by atoms with E-state index in [2.05, 4.69) is 76.7 Å². The van der Waals surface area contributed by atoms with Crippen molar-refractivity contribution in [1.82, 2.24) is 15.1 Å². The quantitative estimate of drug-likeness (QED) is 0.428. The van der Waals surface area contributed by atoms with Gasteiger partial charge in [-0.25, -0.2) is 4.79 Å². The van der Waals surface area contributed by atoms with Crippen LogP contribution in [-0.4, -0.2) is 47.3 Å². The van der Waals surface area contributed by atoms with E-state index in [4.69, 9.17) is 0 Å². The van der Waals surface area contributed by atoms with Gasteiger partial charge in [0.2, 0.25) is 0 Å². The van der Waals surface area contributed by atoms with Gasteiger partial charge in [-0.15, -0.1) is 10.2 Å². The van der Waals surface area contributed by atoms with Crippen LogP contribution < -0.4 is 10.2 Å². The Hall–Kier alpha value is -3.93. The molecule has 2 amide bonds. The lowest BCUT2D eigenvalue weighted by molar-refractivity contribution is 0.208. The minimum absolute atomic E-state index is 0.0608. The van der Waals surface area contributed by atoms with Crippen LogP contribution in [-0.2, 0) is 0 Å². The predicted molar refractivity (Wildman–Crippen MR) is 138 cm³/mol. The Morgan fingerprint density at radius 3 is 2.26 bits per heavy atom. The number of amides is 2. The molecule has 6 heteroatoms. The zero-order chi connectivity index (χ0) is 23.5. The number of piperazine rings is 1. The molecular formula is C28H29N5O. The van der Waals surface area contributed by atoms with E-state index >= 15 is 0 Å². The van der Waals surface area contributed by atoms with E-state index in [1.165, 1.54) is 16.3 Å². The Bertz CT molecular complexity index is 1270. The molecule has 0 spiro atoms. The van der Waals surface area contributed by atoms with E-state index in [-0.39, 0.29) is 6.03 Å². The summed E-state index contributed by atoms with van der Waals surface area (Å²) in [4.78, 5) is 16.7. The number of benzene rings is 3. The number of carbonyl (C=O) groups excluding carboxylic acids is 1. The predicted octanol–water partition coefficient (Wildman–Crippen LogP) is 5.77. The molecule has 6 nitrogen and oxygen atoms in total. The van der Waals surface area contributed by atoms with Crippen molar-refractivity contribution in [2.45, 2.75) is 19.8 Å². The molecule has 0 atom stereocenters. The van der Waals surface area contributed by atoms with E-state index in [9.17, 15) is 4.79 Å². The van der Waals surface area contributed by atoms with E-state index in [0.717, 1.165) is 35.9 Å². The minimum atomic E-state index is -0.0608. The molecule has 1 aliphatic heterocycles. The van der Waals surface area contributed by atoms with Crippen molar-refractivity contribution in [3.63, 3.8) is 0 Å². The number of nitrogens with one attached hydrogen (secondary N) is 1. The maximum Gasteiger partial charge on any atom is 0.321 e. The molecule has 1 aliphatic rings. The Labute approximate surface area is 200 Å². The first-order chi connectivity index (χ1) is 16.6. The van der Waals surface area contributed by atoms with Gasteiger partial charge in [-0.05, 0) is 46.5 Å². The first-order valence-electron chi connectivity index (χ1n) is 11.8. The van der Waals surface area contributed by atoms with Gasteiger partial charge in [0.15, 0.2) is 5.82 Å². The van der Waals surface area contributed by atoms with Crippen molar-refractivity contribution in [2.24, 2.45) is 0 Å². The number of carbonyl (C=O) groups is 1. The number of fused-ring (bicyclic) bond motifs is 1. The van der Waals surface area contributed by atoms with Crippen LogP contribution in [0.4, 0.5) is 16.3 Å². The first-order valence-corrected chi connectivity index (χ1v) is 11.8. The number of rotatable bonds is 4. The Morgan fingerprint density at radius 2 is 1.56 bits per heavy atom. The number of anilines is 2. The summed E-state index contributed by atoms with van der Waals surface area (Å²) in [6.45, 7) is 7.05. The van der Waals surface area contributed by atoms with Gasteiger partial charge in [-0.2, -0.15) is 0 Å². The molecule has 0 bridgehead atoms. The van der Waals surface area contributed by atoms with E-state index in [1.807, 2.05) is 41.3 Å². The summed E-state index contributed by atoms with van der Waals surface area (Å²) in [7, 11) is 0. The SMILES string of the molecule is CC(C)c1ccc(NC(=O)N2CCN(c3ccc(-c4cccc5ccccc45)nn3)CC2)cc1. The fourth-order valence-electron chi connectivity index (χ4n) is 4.38. The summed E-state index contributed by atoms with van der Waals surface area (Å²) in [5.74, 6) is 1.32. The summed E-state index contributed by atoms with van der Waals surface area (Å²) in [6, 6.07) is 26.6. The van der Waals surface area contributed by atoms with Crippen molar-refractivity contribution >= 4 is 28.3 Å². The normalized spacial score (nSPS) is 14.0. The number of urea groups is 1. The molecule has 5 rings (SSSR count). The number of nitrogens with zero attached hydrogens (tertiary/aromatic N) is 4. The lowest BCUT2D eigenvalue weighted by atomic mass is 10.0. The molecule has 1 aromatic heterocycles. The molecule has 0 unspecified atom stereocenters. The van der Waals surface area contributed by atoms with Gasteiger partial charge in [-0.3, -0.25) is 0 Å². The highest BCUT2D eigenvalue weighted by molar-refractivity contribution is 5.95. The average molecular weight is 452 g/mol. The highest BCUT2D eigenvalue weighted by Crippen LogP contribution is 2.27. The van der Waals surface area contributed by atoms with Crippen molar-refractivity contribution < 1.29 is 4.79 Å². The lowest BCUT2D eigenvalue weighted by Gasteiger charge is -2.35. The van der Waals surface area contributed by atoms with Gasteiger partial charge in [-0.1, -0.05) is 68.4 Å². The van der Waals surface area contributed by atoms with Crippen LogP contribution in [0.3, 0.4) is 0 Å². The number of hydrogen-bond donors (Lipinski definition) is 1. The monoisotopic (exact) mass is 451 g/mol. The molecule has 34 heavy (non-hydrogen) atoms. The van der Waals surface area contributed by atoms with E-state index in [1.54, 1.807) is 0 Å². The summed E-state index contributed by atoms with van der Waals surface area (Å²) < 4.78 is 0. The molecule has 0 radical (unpaired) electrons. The Balaban J connectivity index is 1.20. The zero-order valence-electron chi connectivity index (χ0n) is 19.6. The van der Waals surface area contributed by atoms with Crippen LogP contribution in [0.25, 0.3) is 22.0 Å². The third-order valence-corrected chi connectivity index (χ3v) is 6.44.